The van der Waals surface area contributed by atoms with Gasteiger partial charge in [-0.15, -0.1) is 11.8 Å². The van der Waals surface area contributed by atoms with Gasteiger partial charge in [0.2, 0.25) is 5.91 Å². The zero-order chi connectivity index (χ0) is 13.0. The van der Waals surface area contributed by atoms with E-state index in [2.05, 4.69) is 6.92 Å². The van der Waals surface area contributed by atoms with Gasteiger partial charge in [0.25, 0.3) is 0 Å². The molecule has 0 N–H and O–H groups in total. The zero-order valence-corrected chi connectivity index (χ0v) is 11.9. The summed E-state index contributed by atoms with van der Waals surface area (Å²) in [5.74, 6) is 2.75. The molecule has 3 nitrogen and oxygen atoms in total. The molecule has 0 aromatic carbocycles. The van der Waals surface area contributed by atoms with Crippen LogP contribution in [0.1, 0.15) is 32.4 Å². The molecule has 1 fully saturated rings. The van der Waals surface area contributed by atoms with Crippen LogP contribution in [0.25, 0.3) is 0 Å². The van der Waals surface area contributed by atoms with E-state index in [9.17, 15) is 4.79 Å². The van der Waals surface area contributed by atoms with E-state index in [1.165, 1.54) is 0 Å². The average molecular weight is 267 g/mol. The number of likely N-dealkylation sites (tertiary alicyclic amines) is 1. The number of hydrogen-bond donors (Lipinski definition) is 0. The van der Waals surface area contributed by atoms with Crippen molar-refractivity contribution in [1.82, 2.24) is 4.90 Å². The molecule has 2 heterocycles. The minimum absolute atomic E-state index is 0.0171. The summed E-state index contributed by atoms with van der Waals surface area (Å²) in [6, 6.07) is 3.83. The van der Waals surface area contributed by atoms with E-state index in [1.54, 1.807) is 18.0 Å². The Morgan fingerprint density at radius 1 is 1.56 bits per heavy atom. The third-order valence-corrected chi connectivity index (χ3v) is 4.65. The van der Waals surface area contributed by atoms with Gasteiger partial charge < -0.3 is 9.32 Å². The fraction of sp³-hybridized carbons (Fsp3) is 0.643. The molecule has 2 rings (SSSR count). The summed E-state index contributed by atoms with van der Waals surface area (Å²) < 4.78 is 5.28. The number of nitrogens with zero attached hydrogens (tertiary/aromatic N) is 1. The lowest BCUT2D eigenvalue weighted by Gasteiger charge is -2.32. The van der Waals surface area contributed by atoms with Crippen LogP contribution >= 0.6 is 11.8 Å². The van der Waals surface area contributed by atoms with Gasteiger partial charge in [-0.1, -0.05) is 6.92 Å². The summed E-state index contributed by atoms with van der Waals surface area (Å²) in [4.78, 5) is 14.3. The zero-order valence-electron chi connectivity index (χ0n) is 11.1. The number of carbonyl (C=O) groups excluding carboxylic acids is 1. The Morgan fingerprint density at radius 2 is 2.28 bits per heavy atom. The number of thioether (sulfide) groups is 1. The molecular formula is C14H21NO2S. The van der Waals surface area contributed by atoms with Gasteiger partial charge in [0.15, 0.2) is 0 Å². The first-order valence-corrected chi connectivity index (χ1v) is 7.64. The largest absolute Gasteiger partial charge is 0.468 e. The van der Waals surface area contributed by atoms with E-state index >= 15 is 0 Å². The molecule has 0 saturated carbocycles. The Kier molecular flexibility index (Phi) is 4.75. The molecule has 0 bridgehead atoms. The van der Waals surface area contributed by atoms with Crippen molar-refractivity contribution in [2.45, 2.75) is 37.7 Å². The second-order valence-electron chi connectivity index (χ2n) is 5.04. The van der Waals surface area contributed by atoms with E-state index in [-0.39, 0.29) is 11.2 Å². The van der Waals surface area contributed by atoms with E-state index in [0.29, 0.717) is 0 Å². The Morgan fingerprint density at radius 3 is 2.89 bits per heavy atom. The molecule has 1 saturated heterocycles. The highest BCUT2D eigenvalue weighted by Gasteiger charge is 2.24. The molecular weight excluding hydrogens is 246 g/mol. The quantitative estimate of drug-likeness (QED) is 0.840. The molecule has 1 unspecified atom stereocenters. The van der Waals surface area contributed by atoms with E-state index in [0.717, 1.165) is 43.4 Å². The number of furan rings is 1. The van der Waals surface area contributed by atoms with Crippen molar-refractivity contribution in [2.24, 2.45) is 5.92 Å². The maximum atomic E-state index is 12.2. The smallest absolute Gasteiger partial charge is 0.235 e. The highest BCUT2D eigenvalue weighted by atomic mass is 32.2. The normalized spacial score (nSPS) is 18.9. The summed E-state index contributed by atoms with van der Waals surface area (Å²) in [5.41, 5.74) is 0. The summed E-state index contributed by atoms with van der Waals surface area (Å²) in [5, 5.41) is 0.0171. The summed E-state index contributed by atoms with van der Waals surface area (Å²) in [6.07, 6.45) is 3.96. The second-order valence-corrected chi connectivity index (χ2v) is 6.37. The lowest BCUT2D eigenvalue weighted by molar-refractivity contribution is -0.131. The number of hydrogen-bond acceptors (Lipinski definition) is 3. The lowest BCUT2D eigenvalue weighted by Crippen LogP contribution is -2.41. The monoisotopic (exact) mass is 267 g/mol. The van der Waals surface area contributed by atoms with Crippen molar-refractivity contribution in [3.05, 3.63) is 24.2 Å². The second kappa shape index (κ2) is 6.32. The third-order valence-electron chi connectivity index (χ3n) is 3.50. The minimum atomic E-state index is 0.0171. The summed E-state index contributed by atoms with van der Waals surface area (Å²) in [6.45, 7) is 6.10. The van der Waals surface area contributed by atoms with Gasteiger partial charge in [-0.05, 0) is 37.8 Å². The highest BCUT2D eigenvalue weighted by Crippen LogP contribution is 2.22. The van der Waals surface area contributed by atoms with Gasteiger partial charge in [-0.3, -0.25) is 4.79 Å². The predicted octanol–water partition coefficient (Wildman–Crippen LogP) is 3.16. The molecule has 1 aromatic rings. The number of piperidine rings is 1. The molecule has 1 aliphatic rings. The molecule has 0 radical (unpaired) electrons. The van der Waals surface area contributed by atoms with Crippen LogP contribution in [-0.2, 0) is 10.5 Å². The molecule has 4 heteroatoms. The first-order chi connectivity index (χ1) is 8.66. The summed E-state index contributed by atoms with van der Waals surface area (Å²) in [7, 11) is 0. The van der Waals surface area contributed by atoms with Crippen LogP contribution in [0.5, 0.6) is 0 Å². The SMILES string of the molecule is CC1CCN(C(=O)C(C)SCc2ccco2)CC1. The molecule has 18 heavy (non-hydrogen) atoms. The van der Waals surface area contributed by atoms with Gasteiger partial charge >= 0.3 is 0 Å². The van der Waals surface area contributed by atoms with Crippen molar-refractivity contribution in [1.29, 1.82) is 0 Å². The molecule has 1 aliphatic heterocycles. The minimum Gasteiger partial charge on any atom is -0.468 e. The van der Waals surface area contributed by atoms with Crippen LogP contribution in [0, 0.1) is 5.92 Å². The number of rotatable bonds is 4. The van der Waals surface area contributed by atoms with E-state index in [4.69, 9.17) is 4.42 Å². The molecule has 1 atom stereocenters. The third kappa shape index (κ3) is 3.55. The lowest BCUT2D eigenvalue weighted by atomic mass is 9.99. The maximum Gasteiger partial charge on any atom is 0.235 e. The van der Waals surface area contributed by atoms with Crippen LogP contribution in [0.15, 0.2) is 22.8 Å². The van der Waals surface area contributed by atoms with Crippen molar-refractivity contribution in [2.75, 3.05) is 13.1 Å². The van der Waals surface area contributed by atoms with Crippen LogP contribution in [0.4, 0.5) is 0 Å². The maximum absolute atomic E-state index is 12.2. The molecule has 0 aliphatic carbocycles. The summed E-state index contributed by atoms with van der Waals surface area (Å²) >= 11 is 1.65. The van der Waals surface area contributed by atoms with Crippen molar-refractivity contribution in [3.63, 3.8) is 0 Å². The van der Waals surface area contributed by atoms with Gasteiger partial charge in [0.05, 0.1) is 17.3 Å². The molecule has 0 spiro atoms. The van der Waals surface area contributed by atoms with E-state index < -0.39 is 0 Å². The number of carbonyl (C=O) groups is 1. The molecule has 1 aromatic heterocycles. The van der Waals surface area contributed by atoms with Gasteiger partial charge in [0.1, 0.15) is 5.76 Å². The van der Waals surface area contributed by atoms with Crippen LogP contribution < -0.4 is 0 Å². The number of amides is 1. The fourth-order valence-corrected chi connectivity index (χ4v) is 3.03. The van der Waals surface area contributed by atoms with Gasteiger partial charge in [0, 0.05) is 13.1 Å². The first-order valence-electron chi connectivity index (χ1n) is 6.59. The molecule has 100 valence electrons. The first kappa shape index (κ1) is 13.5. The fourth-order valence-electron chi connectivity index (χ4n) is 2.16. The standard InChI is InChI=1S/C14H21NO2S/c1-11-5-7-15(8-6-11)14(16)12(2)18-10-13-4-3-9-17-13/h3-4,9,11-12H,5-8,10H2,1-2H3. The van der Waals surface area contributed by atoms with Crippen molar-refractivity contribution >= 4 is 17.7 Å². The average Bonchev–Trinajstić information content (AvgIpc) is 2.89. The van der Waals surface area contributed by atoms with Crippen molar-refractivity contribution < 1.29 is 9.21 Å². The van der Waals surface area contributed by atoms with Gasteiger partial charge in [-0.25, -0.2) is 0 Å². The van der Waals surface area contributed by atoms with Crippen molar-refractivity contribution in [3.8, 4) is 0 Å². The Labute approximate surface area is 113 Å². The predicted molar refractivity (Wildman–Crippen MR) is 74.4 cm³/mol. The van der Waals surface area contributed by atoms with Crippen LogP contribution in [0.3, 0.4) is 0 Å². The van der Waals surface area contributed by atoms with Gasteiger partial charge in [-0.2, -0.15) is 0 Å². The Balaban J connectivity index is 1.77. The Bertz CT molecular complexity index is 369. The highest BCUT2D eigenvalue weighted by molar-refractivity contribution is 7.99. The Hall–Kier alpha value is -0.900. The van der Waals surface area contributed by atoms with Crippen LogP contribution in [0.2, 0.25) is 0 Å². The van der Waals surface area contributed by atoms with Crippen LogP contribution in [-0.4, -0.2) is 29.1 Å². The van der Waals surface area contributed by atoms with E-state index in [1.807, 2.05) is 24.0 Å². The topological polar surface area (TPSA) is 33.5 Å². The molecule has 1 amide bonds.